The van der Waals surface area contributed by atoms with Crippen molar-refractivity contribution in [1.82, 2.24) is 0 Å². The van der Waals surface area contributed by atoms with Crippen molar-refractivity contribution in [2.24, 2.45) is 0 Å². The van der Waals surface area contributed by atoms with Crippen LogP contribution in [-0.2, 0) is 4.79 Å². The SMILES string of the molecule is CC(C)Oc1ccccc1OC(=O)CCCCCl. The van der Waals surface area contributed by atoms with Crippen LogP contribution in [0.2, 0.25) is 0 Å². The molecule has 0 fully saturated rings. The van der Waals surface area contributed by atoms with E-state index < -0.39 is 0 Å². The lowest BCUT2D eigenvalue weighted by Crippen LogP contribution is -2.11. The van der Waals surface area contributed by atoms with E-state index in [1.165, 1.54) is 0 Å². The molecule has 0 atom stereocenters. The van der Waals surface area contributed by atoms with E-state index >= 15 is 0 Å². The molecule has 18 heavy (non-hydrogen) atoms. The molecule has 3 nitrogen and oxygen atoms in total. The number of hydrogen-bond donors (Lipinski definition) is 0. The van der Waals surface area contributed by atoms with E-state index in [0.29, 0.717) is 23.8 Å². The number of benzene rings is 1. The largest absolute Gasteiger partial charge is 0.487 e. The summed E-state index contributed by atoms with van der Waals surface area (Å²) in [6.07, 6.45) is 1.99. The predicted molar refractivity (Wildman–Crippen MR) is 72.4 cm³/mol. The summed E-state index contributed by atoms with van der Waals surface area (Å²) < 4.78 is 10.9. The first kappa shape index (κ1) is 14.8. The first-order valence-corrected chi connectivity index (χ1v) is 6.69. The zero-order valence-corrected chi connectivity index (χ0v) is 11.6. The lowest BCUT2D eigenvalue weighted by molar-refractivity contribution is -0.134. The van der Waals surface area contributed by atoms with Gasteiger partial charge in [0.2, 0.25) is 0 Å². The fraction of sp³-hybridized carbons (Fsp3) is 0.500. The fourth-order valence-electron chi connectivity index (χ4n) is 1.42. The normalized spacial score (nSPS) is 10.4. The van der Waals surface area contributed by atoms with E-state index in [4.69, 9.17) is 21.1 Å². The summed E-state index contributed by atoms with van der Waals surface area (Å²) in [7, 11) is 0. The van der Waals surface area contributed by atoms with Gasteiger partial charge in [0, 0.05) is 12.3 Å². The number of alkyl halides is 1. The third kappa shape index (κ3) is 5.41. The van der Waals surface area contributed by atoms with Crippen molar-refractivity contribution in [3.63, 3.8) is 0 Å². The Kier molecular flexibility index (Phi) is 6.58. The van der Waals surface area contributed by atoms with Crippen molar-refractivity contribution in [2.75, 3.05) is 5.88 Å². The van der Waals surface area contributed by atoms with Crippen LogP contribution in [0.5, 0.6) is 11.5 Å². The minimum Gasteiger partial charge on any atom is -0.487 e. The summed E-state index contributed by atoms with van der Waals surface area (Å²) in [5.41, 5.74) is 0. The molecule has 0 spiro atoms. The number of halogens is 1. The number of carbonyl (C=O) groups excluding carboxylic acids is 1. The lowest BCUT2D eigenvalue weighted by atomic mass is 10.2. The summed E-state index contributed by atoms with van der Waals surface area (Å²) in [6, 6.07) is 7.19. The Labute approximate surface area is 113 Å². The molecule has 0 N–H and O–H groups in total. The highest BCUT2D eigenvalue weighted by Gasteiger charge is 2.10. The molecular weight excluding hydrogens is 252 g/mol. The summed E-state index contributed by atoms with van der Waals surface area (Å²) in [4.78, 5) is 11.6. The van der Waals surface area contributed by atoms with Gasteiger partial charge in [-0.3, -0.25) is 4.79 Å². The predicted octanol–water partition coefficient (Wildman–Crippen LogP) is 3.79. The van der Waals surface area contributed by atoms with Crippen molar-refractivity contribution < 1.29 is 14.3 Å². The van der Waals surface area contributed by atoms with E-state index in [0.717, 1.165) is 12.8 Å². The summed E-state index contributed by atoms with van der Waals surface area (Å²) in [5.74, 6) is 1.39. The number of rotatable bonds is 7. The zero-order chi connectivity index (χ0) is 13.4. The number of unbranched alkanes of at least 4 members (excludes halogenated alkanes) is 1. The fourth-order valence-corrected chi connectivity index (χ4v) is 1.61. The van der Waals surface area contributed by atoms with Gasteiger partial charge < -0.3 is 9.47 Å². The molecule has 0 bridgehead atoms. The summed E-state index contributed by atoms with van der Waals surface area (Å²) in [6.45, 7) is 3.86. The number of hydrogen-bond acceptors (Lipinski definition) is 3. The minimum atomic E-state index is -0.250. The second-order valence-corrected chi connectivity index (χ2v) is 4.61. The number of para-hydroxylation sites is 2. The molecule has 4 heteroatoms. The van der Waals surface area contributed by atoms with Gasteiger partial charge in [0.15, 0.2) is 11.5 Å². The maximum atomic E-state index is 11.6. The van der Waals surface area contributed by atoms with E-state index in [2.05, 4.69) is 0 Å². The van der Waals surface area contributed by atoms with Crippen LogP contribution in [0.3, 0.4) is 0 Å². The Morgan fingerprint density at radius 3 is 2.50 bits per heavy atom. The van der Waals surface area contributed by atoms with Crippen LogP contribution in [0.1, 0.15) is 33.1 Å². The van der Waals surface area contributed by atoms with E-state index in [-0.39, 0.29) is 12.1 Å². The third-order valence-corrected chi connectivity index (χ3v) is 2.47. The molecule has 0 saturated carbocycles. The first-order valence-electron chi connectivity index (χ1n) is 6.16. The molecule has 0 aliphatic carbocycles. The maximum Gasteiger partial charge on any atom is 0.311 e. The second-order valence-electron chi connectivity index (χ2n) is 4.23. The van der Waals surface area contributed by atoms with Gasteiger partial charge in [-0.05, 0) is 38.8 Å². The number of ether oxygens (including phenoxy) is 2. The molecule has 1 aromatic carbocycles. The molecule has 1 aromatic rings. The van der Waals surface area contributed by atoms with Gasteiger partial charge >= 0.3 is 5.97 Å². The summed E-state index contributed by atoms with van der Waals surface area (Å²) in [5, 5.41) is 0. The topological polar surface area (TPSA) is 35.5 Å². The number of esters is 1. The highest BCUT2D eigenvalue weighted by atomic mass is 35.5. The van der Waals surface area contributed by atoms with Crippen LogP contribution < -0.4 is 9.47 Å². The smallest absolute Gasteiger partial charge is 0.311 e. The van der Waals surface area contributed by atoms with E-state index in [1.54, 1.807) is 12.1 Å². The van der Waals surface area contributed by atoms with Crippen LogP contribution in [0.15, 0.2) is 24.3 Å². The van der Waals surface area contributed by atoms with Gasteiger partial charge in [-0.15, -0.1) is 11.6 Å². The van der Waals surface area contributed by atoms with Gasteiger partial charge in [-0.25, -0.2) is 0 Å². The maximum absolute atomic E-state index is 11.6. The van der Waals surface area contributed by atoms with Crippen molar-refractivity contribution in [2.45, 2.75) is 39.2 Å². The van der Waals surface area contributed by atoms with Crippen molar-refractivity contribution in [3.05, 3.63) is 24.3 Å². The molecule has 100 valence electrons. The van der Waals surface area contributed by atoms with Gasteiger partial charge in [-0.1, -0.05) is 12.1 Å². The van der Waals surface area contributed by atoms with E-state index in [1.807, 2.05) is 26.0 Å². The van der Waals surface area contributed by atoms with Crippen LogP contribution >= 0.6 is 11.6 Å². The van der Waals surface area contributed by atoms with Crippen molar-refractivity contribution in [1.29, 1.82) is 0 Å². The van der Waals surface area contributed by atoms with Gasteiger partial charge in [-0.2, -0.15) is 0 Å². The van der Waals surface area contributed by atoms with Crippen molar-refractivity contribution >= 4 is 17.6 Å². The summed E-state index contributed by atoms with van der Waals surface area (Å²) >= 11 is 5.56. The van der Waals surface area contributed by atoms with Gasteiger partial charge in [0.25, 0.3) is 0 Å². The standard InChI is InChI=1S/C14H19ClO3/c1-11(2)17-12-7-3-4-8-13(12)18-14(16)9-5-6-10-15/h3-4,7-8,11H,5-6,9-10H2,1-2H3. The molecule has 0 amide bonds. The Morgan fingerprint density at radius 1 is 1.22 bits per heavy atom. The molecule has 0 radical (unpaired) electrons. The van der Waals surface area contributed by atoms with Crippen molar-refractivity contribution in [3.8, 4) is 11.5 Å². The zero-order valence-electron chi connectivity index (χ0n) is 10.8. The molecule has 0 unspecified atom stereocenters. The van der Waals surface area contributed by atoms with E-state index in [9.17, 15) is 4.79 Å². The Balaban J connectivity index is 2.57. The van der Waals surface area contributed by atoms with Gasteiger partial charge in [0.1, 0.15) is 0 Å². The molecule has 0 saturated heterocycles. The van der Waals surface area contributed by atoms with Crippen LogP contribution in [-0.4, -0.2) is 18.0 Å². The molecular formula is C14H19ClO3. The Hall–Kier alpha value is -1.22. The lowest BCUT2D eigenvalue weighted by Gasteiger charge is -2.13. The van der Waals surface area contributed by atoms with Crippen LogP contribution in [0.4, 0.5) is 0 Å². The van der Waals surface area contributed by atoms with Crippen LogP contribution in [0.25, 0.3) is 0 Å². The first-order chi connectivity index (χ1) is 8.63. The molecule has 1 rings (SSSR count). The highest BCUT2D eigenvalue weighted by Crippen LogP contribution is 2.27. The Morgan fingerprint density at radius 2 is 1.89 bits per heavy atom. The highest BCUT2D eigenvalue weighted by molar-refractivity contribution is 6.17. The van der Waals surface area contributed by atoms with Crippen LogP contribution in [0, 0.1) is 0 Å². The molecule has 0 aliphatic heterocycles. The minimum absolute atomic E-state index is 0.0427. The average molecular weight is 271 g/mol. The average Bonchev–Trinajstić information content (AvgIpc) is 2.31. The van der Waals surface area contributed by atoms with Gasteiger partial charge in [0.05, 0.1) is 6.10 Å². The molecule has 0 aliphatic rings. The second kappa shape index (κ2) is 7.98. The third-order valence-electron chi connectivity index (χ3n) is 2.20. The number of carbonyl (C=O) groups is 1. The monoisotopic (exact) mass is 270 g/mol. The quantitative estimate of drug-likeness (QED) is 0.327. The molecule has 0 heterocycles. The Bertz CT molecular complexity index is 377. The molecule has 0 aromatic heterocycles.